The third-order valence-corrected chi connectivity index (χ3v) is 4.48. The first kappa shape index (κ1) is 15.5. The Morgan fingerprint density at radius 2 is 2.17 bits per heavy atom. The van der Waals surface area contributed by atoms with Gasteiger partial charge in [-0.25, -0.2) is 0 Å². The van der Waals surface area contributed by atoms with Gasteiger partial charge in [0.15, 0.2) is 0 Å². The van der Waals surface area contributed by atoms with Crippen molar-refractivity contribution in [3.63, 3.8) is 0 Å². The van der Waals surface area contributed by atoms with Gasteiger partial charge in [0.2, 0.25) is 0 Å². The topological polar surface area (TPSA) is 60.1 Å². The number of pyridine rings is 1. The van der Waals surface area contributed by atoms with Gasteiger partial charge >= 0.3 is 0 Å². The molecule has 6 heteroatoms. The molecule has 0 bridgehead atoms. The number of hydrogen-bond acceptors (Lipinski definition) is 3. The molecule has 2 aromatic rings. The Kier molecular flexibility index (Phi) is 4.07. The molecule has 3 heterocycles. The highest BCUT2D eigenvalue weighted by molar-refractivity contribution is 5.94. The summed E-state index contributed by atoms with van der Waals surface area (Å²) in [6.07, 6.45) is 3.57. The number of aromatic nitrogens is 3. The van der Waals surface area contributed by atoms with Gasteiger partial charge in [0.1, 0.15) is 5.56 Å². The fourth-order valence-corrected chi connectivity index (χ4v) is 3.27. The molecule has 1 amide bonds. The molecule has 122 valence electrons. The van der Waals surface area contributed by atoms with Crippen molar-refractivity contribution in [2.45, 2.75) is 39.3 Å². The van der Waals surface area contributed by atoms with E-state index in [1.807, 2.05) is 29.5 Å². The number of likely N-dealkylation sites (tertiary alicyclic amines) is 1. The van der Waals surface area contributed by atoms with Gasteiger partial charge in [-0.05, 0) is 44.9 Å². The molecule has 1 fully saturated rings. The van der Waals surface area contributed by atoms with Gasteiger partial charge in [-0.1, -0.05) is 0 Å². The second kappa shape index (κ2) is 6.02. The van der Waals surface area contributed by atoms with Gasteiger partial charge in [-0.3, -0.25) is 14.3 Å². The van der Waals surface area contributed by atoms with Crippen molar-refractivity contribution in [1.82, 2.24) is 19.2 Å². The Morgan fingerprint density at radius 1 is 1.39 bits per heavy atom. The van der Waals surface area contributed by atoms with Crippen molar-refractivity contribution < 1.29 is 4.79 Å². The van der Waals surface area contributed by atoms with Crippen molar-refractivity contribution >= 4 is 5.91 Å². The summed E-state index contributed by atoms with van der Waals surface area (Å²) in [7, 11) is 1.66. The molecule has 1 saturated heterocycles. The zero-order chi connectivity index (χ0) is 16.6. The van der Waals surface area contributed by atoms with Crippen LogP contribution in [0.2, 0.25) is 0 Å². The van der Waals surface area contributed by atoms with Crippen LogP contribution in [0.1, 0.15) is 34.6 Å². The van der Waals surface area contributed by atoms with E-state index in [1.165, 1.54) is 4.57 Å². The molecule has 1 aliphatic rings. The lowest BCUT2D eigenvalue weighted by Crippen LogP contribution is -2.41. The molecule has 6 nitrogen and oxygen atoms in total. The van der Waals surface area contributed by atoms with Crippen LogP contribution in [-0.4, -0.2) is 37.7 Å². The summed E-state index contributed by atoms with van der Waals surface area (Å²) in [4.78, 5) is 26.8. The molecule has 0 spiro atoms. The van der Waals surface area contributed by atoms with Gasteiger partial charge in [0.05, 0.1) is 18.3 Å². The van der Waals surface area contributed by atoms with Gasteiger partial charge in [0.25, 0.3) is 11.5 Å². The number of hydrogen-bond donors (Lipinski definition) is 0. The summed E-state index contributed by atoms with van der Waals surface area (Å²) in [6, 6.07) is 5.48. The summed E-state index contributed by atoms with van der Waals surface area (Å²) < 4.78 is 3.40. The summed E-state index contributed by atoms with van der Waals surface area (Å²) in [5, 5.41) is 4.48. The standard InChI is InChI=1S/C17H22N4O2/c1-12-10-13(2)21(18-12)11-14-6-4-9-20(14)17(23)15-7-5-8-19(3)16(15)22/h5,7-8,10,14H,4,6,9,11H2,1-3H3/t14-/m0/s1. The zero-order valence-electron chi connectivity index (χ0n) is 13.8. The third-order valence-electron chi connectivity index (χ3n) is 4.48. The summed E-state index contributed by atoms with van der Waals surface area (Å²) >= 11 is 0. The molecular weight excluding hydrogens is 292 g/mol. The van der Waals surface area contributed by atoms with Crippen LogP contribution in [0.25, 0.3) is 0 Å². The van der Waals surface area contributed by atoms with E-state index >= 15 is 0 Å². The van der Waals surface area contributed by atoms with Crippen molar-refractivity contribution in [2.24, 2.45) is 7.05 Å². The van der Waals surface area contributed by atoms with E-state index in [9.17, 15) is 9.59 Å². The molecule has 3 rings (SSSR count). The Labute approximate surface area is 135 Å². The largest absolute Gasteiger partial charge is 0.334 e. The molecule has 0 N–H and O–H groups in total. The number of carbonyl (C=O) groups excluding carboxylic acids is 1. The smallest absolute Gasteiger partial charge is 0.263 e. The highest BCUT2D eigenvalue weighted by Gasteiger charge is 2.31. The SMILES string of the molecule is Cc1cc(C)n(C[C@@H]2CCCN2C(=O)c2cccn(C)c2=O)n1. The Morgan fingerprint density at radius 3 is 2.87 bits per heavy atom. The van der Waals surface area contributed by atoms with Gasteiger partial charge in [-0.2, -0.15) is 5.10 Å². The third kappa shape index (κ3) is 2.93. The highest BCUT2D eigenvalue weighted by atomic mass is 16.2. The van der Waals surface area contributed by atoms with Crippen LogP contribution in [0.5, 0.6) is 0 Å². The van der Waals surface area contributed by atoms with Crippen LogP contribution < -0.4 is 5.56 Å². The molecule has 0 saturated carbocycles. The van der Waals surface area contributed by atoms with E-state index in [2.05, 4.69) is 5.10 Å². The van der Waals surface area contributed by atoms with Crippen molar-refractivity contribution in [3.05, 3.63) is 51.7 Å². The first-order valence-electron chi connectivity index (χ1n) is 7.95. The molecule has 0 aliphatic carbocycles. The summed E-state index contributed by atoms with van der Waals surface area (Å²) in [6.45, 7) is 5.36. The number of nitrogens with zero attached hydrogens (tertiary/aromatic N) is 4. The number of rotatable bonds is 3. The van der Waals surface area contributed by atoms with Crippen LogP contribution in [0.4, 0.5) is 0 Å². The normalized spacial score (nSPS) is 17.7. The average molecular weight is 314 g/mol. The van der Waals surface area contributed by atoms with E-state index in [4.69, 9.17) is 0 Å². The molecule has 0 radical (unpaired) electrons. The number of carbonyl (C=O) groups is 1. The summed E-state index contributed by atoms with van der Waals surface area (Å²) in [5.41, 5.74) is 2.08. The molecule has 2 aromatic heterocycles. The maximum absolute atomic E-state index is 12.8. The molecule has 1 aliphatic heterocycles. The fourth-order valence-electron chi connectivity index (χ4n) is 3.27. The van der Waals surface area contributed by atoms with Crippen LogP contribution in [-0.2, 0) is 13.6 Å². The van der Waals surface area contributed by atoms with E-state index in [-0.39, 0.29) is 23.1 Å². The van der Waals surface area contributed by atoms with Crippen LogP contribution >= 0.6 is 0 Å². The van der Waals surface area contributed by atoms with E-state index in [0.29, 0.717) is 13.1 Å². The molecule has 0 aromatic carbocycles. The van der Waals surface area contributed by atoms with Crippen molar-refractivity contribution in [2.75, 3.05) is 6.54 Å². The Bertz CT molecular complexity index is 790. The van der Waals surface area contributed by atoms with Crippen LogP contribution in [0, 0.1) is 13.8 Å². The quantitative estimate of drug-likeness (QED) is 0.862. The molecular formula is C17H22N4O2. The second-order valence-corrected chi connectivity index (χ2v) is 6.24. The van der Waals surface area contributed by atoms with Gasteiger partial charge in [-0.15, -0.1) is 0 Å². The maximum Gasteiger partial charge on any atom is 0.263 e. The summed E-state index contributed by atoms with van der Waals surface area (Å²) in [5.74, 6) is -0.171. The molecule has 0 unspecified atom stereocenters. The average Bonchev–Trinajstić information content (AvgIpc) is 3.08. The lowest BCUT2D eigenvalue weighted by molar-refractivity contribution is 0.0718. The van der Waals surface area contributed by atoms with Crippen LogP contribution in [0.15, 0.2) is 29.2 Å². The fraction of sp³-hybridized carbons (Fsp3) is 0.471. The van der Waals surface area contributed by atoms with Crippen molar-refractivity contribution in [1.29, 1.82) is 0 Å². The Hall–Kier alpha value is -2.37. The second-order valence-electron chi connectivity index (χ2n) is 6.24. The maximum atomic E-state index is 12.8. The van der Waals surface area contributed by atoms with Gasteiger partial charge in [0, 0.05) is 25.5 Å². The minimum absolute atomic E-state index is 0.0883. The van der Waals surface area contributed by atoms with Gasteiger partial charge < -0.3 is 9.47 Å². The van der Waals surface area contributed by atoms with E-state index < -0.39 is 0 Å². The lowest BCUT2D eigenvalue weighted by Gasteiger charge is -2.25. The number of amides is 1. The van der Waals surface area contributed by atoms with Crippen molar-refractivity contribution in [3.8, 4) is 0 Å². The van der Waals surface area contributed by atoms with E-state index in [1.54, 1.807) is 25.4 Å². The minimum atomic E-state index is -0.241. The molecule has 1 atom stereocenters. The minimum Gasteiger partial charge on any atom is -0.334 e. The number of aryl methyl sites for hydroxylation is 3. The monoisotopic (exact) mass is 314 g/mol. The predicted octanol–water partition coefficient (Wildman–Crippen LogP) is 1.50. The lowest BCUT2D eigenvalue weighted by atomic mass is 10.2. The first-order chi connectivity index (χ1) is 11.0. The molecule has 23 heavy (non-hydrogen) atoms. The highest BCUT2D eigenvalue weighted by Crippen LogP contribution is 2.21. The Balaban J connectivity index is 1.84. The van der Waals surface area contributed by atoms with Crippen LogP contribution in [0.3, 0.4) is 0 Å². The predicted molar refractivity (Wildman–Crippen MR) is 87.4 cm³/mol. The first-order valence-corrected chi connectivity index (χ1v) is 7.95. The van der Waals surface area contributed by atoms with E-state index in [0.717, 1.165) is 24.2 Å². The zero-order valence-corrected chi connectivity index (χ0v) is 13.8.